The maximum absolute atomic E-state index is 12.8. The summed E-state index contributed by atoms with van der Waals surface area (Å²) >= 11 is 1.41. The second-order valence-corrected chi connectivity index (χ2v) is 8.47. The summed E-state index contributed by atoms with van der Waals surface area (Å²) < 4.78 is 28.0. The van der Waals surface area contributed by atoms with E-state index in [1.165, 1.54) is 22.2 Å². The highest BCUT2D eigenvalue weighted by atomic mass is 32.1. The minimum Gasteiger partial charge on any atom is -0.327 e. The lowest BCUT2D eigenvalue weighted by Crippen LogP contribution is -2.30. The van der Waals surface area contributed by atoms with Crippen LogP contribution in [0.1, 0.15) is 22.4 Å². The molecule has 0 spiro atoms. The lowest BCUT2D eigenvalue weighted by molar-refractivity contribution is -0.118. The summed E-state index contributed by atoms with van der Waals surface area (Å²) in [4.78, 5) is 27.8. The number of halogens is 2. The highest BCUT2D eigenvalue weighted by molar-refractivity contribution is 7.16. The van der Waals surface area contributed by atoms with Crippen LogP contribution in [0.25, 0.3) is 0 Å². The molecule has 2 N–H and O–H groups in total. The summed E-state index contributed by atoms with van der Waals surface area (Å²) in [6.07, 6.45) is 0.585. The van der Waals surface area contributed by atoms with Gasteiger partial charge in [0.25, 0.3) is 6.08 Å². The van der Waals surface area contributed by atoms with E-state index >= 15 is 0 Å². The molecule has 2 aromatic heterocycles. The fourth-order valence-corrected chi connectivity index (χ4v) is 4.69. The van der Waals surface area contributed by atoms with Crippen LogP contribution in [0.4, 0.5) is 19.5 Å². The molecule has 0 aliphatic carbocycles. The van der Waals surface area contributed by atoms with Gasteiger partial charge in [0, 0.05) is 23.4 Å². The van der Waals surface area contributed by atoms with E-state index in [1.807, 2.05) is 37.3 Å². The molecule has 31 heavy (non-hydrogen) atoms. The number of carbonyl (C=O) groups is 1. The fourth-order valence-electron chi connectivity index (χ4n) is 3.66. The van der Waals surface area contributed by atoms with Crippen LogP contribution in [0.3, 0.4) is 0 Å². The van der Waals surface area contributed by atoms with Crippen LogP contribution in [-0.2, 0) is 24.3 Å². The van der Waals surface area contributed by atoms with Gasteiger partial charge in [0.1, 0.15) is 11.3 Å². The Hall–Kier alpha value is -3.11. The first-order valence-electron chi connectivity index (χ1n) is 9.74. The number of aryl methyl sites for hydroxylation is 2. The van der Waals surface area contributed by atoms with Gasteiger partial charge in [-0.1, -0.05) is 18.2 Å². The van der Waals surface area contributed by atoms with Crippen LogP contribution in [0, 0.1) is 6.92 Å². The number of fused-ring (bicyclic) bond motifs is 1. The third-order valence-electron chi connectivity index (χ3n) is 5.25. The number of hydrogen-bond donors (Lipinski definition) is 1. The summed E-state index contributed by atoms with van der Waals surface area (Å²) in [6, 6.07) is 9.73. The largest absolute Gasteiger partial charge is 0.346 e. The summed E-state index contributed by atoms with van der Waals surface area (Å²) in [7, 11) is 0. The standard InChI is InChI=1S/C21H21F2N5O2S/c1-13-3-2-4-14-5-7-17(29)28(19(13)14)18-8-6-16(31-18)11-26-12-25-27(21(26)30)10-15(9-24)20(22)23/h2-4,6,8,12H,5,7,9-11,24H2,1H3. The van der Waals surface area contributed by atoms with Gasteiger partial charge in [-0.2, -0.15) is 13.9 Å². The van der Waals surface area contributed by atoms with E-state index < -0.39 is 11.8 Å². The van der Waals surface area contributed by atoms with Crippen LogP contribution >= 0.6 is 11.3 Å². The highest BCUT2D eigenvalue weighted by Gasteiger charge is 2.28. The molecule has 1 aliphatic heterocycles. The van der Waals surface area contributed by atoms with Crippen LogP contribution in [-0.4, -0.2) is 26.8 Å². The van der Waals surface area contributed by atoms with Crippen molar-refractivity contribution >= 4 is 27.9 Å². The molecule has 3 heterocycles. The Bertz CT molecular complexity index is 1220. The summed E-state index contributed by atoms with van der Waals surface area (Å²) in [5.41, 5.74) is 7.57. The third kappa shape index (κ3) is 4.08. The molecule has 0 saturated carbocycles. The molecule has 1 aromatic carbocycles. The number of nitrogens with two attached hydrogens (primary N) is 1. The smallest absolute Gasteiger partial charge is 0.327 e. The van der Waals surface area contributed by atoms with Crippen LogP contribution in [0.5, 0.6) is 0 Å². The first-order chi connectivity index (χ1) is 14.9. The number of amides is 1. The zero-order chi connectivity index (χ0) is 22.1. The van der Waals surface area contributed by atoms with Crippen LogP contribution in [0.15, 0.2) is 53.1 Å². The summed E-state index contributed by atoms with van der Waals surface area (Å²) in [6.45, 7) is 1.52. The van der Waals surface area contributed by atoms with Crippen LogP contribution < -0.4 is 16.3 Å². The number of aromatic nitrogens is 3. The maximum atomic E-state index is 12.8. The number of carbonyl (C=O) groups excluding carboxylic acids is 1. The van der Waals surface area contributed by atoms with Crippen LogP contribution in [0.2, 0.25) is 0 Å². The first kappa shape index (κ1) is 21.1. The second kappa shape index (κ2) is 8.56. The zero-order valence-electron chi connectivity index (χ0n) is 16.8. The van der Waals surface area contributed by atoms with E-state index in [4.69, 9.17) is 5.73 Å². The number of nitrogens with zero attached hydrogens (tertiary/aromatic N) is 4. The number of rotatable bonds is 6. The lowest BCUT2D eigenvalue weighted by Gasteiger charge is -2.29. The molecular weight excluding hydrogens is 424 g/mol. The van der Waals surface area contributed by atoms with Gasteiger partial charge in [-0.3, -0.25) is 14.3 Å². The van der Waals surface area contributed by atoms with Gasteiger partial charge in [-0.05, 0) is 36.6 Å². The number of anilines is 2. The third-order valence-corrected chi connectivity index (χ3v) is 6.30. The van der Waals surface area contributed by atoms with Gasteiger partial charge in [-0.25, -0.2) is 9.48 Å². The Labute approximate surface area is 181 Å². The van der Waals surface area contributed by atoms with Crippen molar-refractivity contribution in [3.8, 4) is 0 Å². The Balaban J connectivity index is 1.59. The van der Waals surface area contributed by atoms with Crippen molar-refractivity contribution in [3.63, 3.8) is 0 Å². The van der Waals surface area contributed by atoms with Crippen molar-refractivity contribution in [3.05, 3.63) is 74.8 Å². The number of benzene rings is 1. The topological polar surface area (TPSA) is 86.2 Å². The van der Waals surface area contributed by atoms with E-state index in [0.717, 1.165) is 37.8 Å². The van der Waals surface area contributed by atoms with Crippen molar-refractivity contribution < 1.29 is 13.6 Å². The molecule has 0 fully saturated rings. The predicted octanol–water partition coefficient (Wildman–Crippen LogP) is 3.18. The van der Waals surface area contributed by atoms with E-state index in [1.54, 1.807) is 4.90 Å². The summed E-state index contributed by atoms with van der Waals surface area (Å²) in [5.74, 6) is 0.0366. The Kier molecular flexibility index (Phi) is 5.84. The highest BCUT2D eigenvalue weighted by Crippen LogP contribution is 2.39. The quantitative estimate of drug-likeness (QED) is 0.632. The molecule has 0 bridgehead atoms. The second-order valence-electron chi connectivity index (χ2n) is 7.32. The molecular formula is C21H21F2N5O2S. The Morgan fingerprint density at radius 3 is 2.74 bits per heavy atom. The van der Waals surface area contributed by atoms with E-state index in [0.29, 0.717) is 6.42 Å². The van der Waals surface area contributed by atoms with Crippen molar-refractivity contribution in [1.82, 2.24) is 14.3 Å². The minimum atomic E-state index is -1.89. The van der Waals surface area contributed by atoms with Gasteiger partial charge in [0.05, 0.1) is 18.8 Å². The average molecular weight is 445 g/mol. The molecule has 0 saturated heterocycles. The average Bonchev–Trinajstić information content (AvgIpc) is 3.34. The molecule has 7 nitrogen and oxygen atoms in total. The number of para-hydroxylation sites is 1. The van der Waals surface area contributed by atoms with Gasteiger partial charge in [-0.15, -0.1) is 11.3 Å². The molecule has 3 aromatic rings. The molecule has 0 atom stereocenters. The first-order valence-corrected chi connectivity index (χ1v) is 10.6. The normalized spacial score (nSPS) is 13.4. The minimum absolute atomic E-state index is 0.0366. The summed E-state index contributed by atoms with van der Waals surface area (Å²) in [5, 5.41) is 4.70. The van der Waals surface area contributed by atoms with Gasteiger partial charge in [0.15, 0.2) is 0 Å². The number of hydrogen-bond acceptors (Lipinski definition) is 5. The van der Waals surface area contributed by atoms with Gasteiger partial charge < -0.3 is 5.73 Å². The van der Waals surface area contributed by atoms with E-state index in [-0.39, 0.29) is 31.1 Å². The van der Waals surface area contributed by atoms with Gasteiger partial charge in [0.2, 0.25) is 5.91 Å². The maximum Gasteiger partial charge on any atom is 0.346 e. The van der Waals surface area contributed by atoms with E-state index in [2.05, 4.69) is 5.10 Å². The molecule has 10 heteroatoms. The van der Waals surface area contributed by atoms with Gasteiger partial charge >= 0.3 is 5.69 Å². The Morgan fingerprint density at radius 2 is 2.00 bits per heavy atom. The SMILES string of the molecule is Cc1cccc2c1N(c1ccc(Cn3cnn(CC(CN)=C(F)F)c3=O)s1)C(=O)CC2. The van der Waals surface area contributed by atoms with Crippen molar-refractivity contribution in [2.75, 3.05) is 11.4 Å². The van der Waals surface area contributed by atoms with Crippen molar-refractivity contribution in [2.24, 2.45) is 5.73 Å². The molecule has 0 radical (unpaired) electrons. The molecule has 0 unspecified atom stereocenters. The molecule has 1 aliphatic rings. The Morgan fingerprint density at radius 1 is 1.19 bits per heavy atom. The predicted molar refractivity (Wildman–Crippen MR) is 115 cm³/mol. The van der Waals surface area contributed by atoms with Crippen molar-refractivity contribution in [1.29, 1.82) is 0 Å². The monoisotopic (exact) mass is 445 g/mol. The van der Waals surface area contributed by atoms with Crippen molar-refractivity contribution in [2.45, 2.75) is 32.9 Å². The molecule has 4 rings (SSSR count). The fraction of sp³-hybridized carbons (Fsp3) is 0.286. The number of thiophene rings is 1. The molecule has 162 valence electrons. The molecule has 1 amide bonds. The zero-order valence-corrected chi connectivity index (χ0v) is 17.7. The lowest BCUT2D eigenvalue weighted by atomic mass is 9.98. The van der Waals surface area contributed by atoms with E-state index in [9.17, 15) is 18.4 Å².